The number of amides is 2. The van der Waals surface area contributed by atoms with Gasteiger partial charge in [-0.1, -0.05) is 0 Å². The van der Waals surface area contributed by atoms with Crippen molar-refractivity contribution < 1.29 is 9.59 Å². The van der Waals surface area contributed by atoms with Gasteiger partial charge in [0, 0.05) is 18.7 Å². The molecule has 0 unspecified atom stereocenters. The Labute approximate surface area is 111 Å². The molecule has 0 saturated carbocycles. The average Bonchev–Trinajstić information content (AvgIpc) is 2.36. The Kier molecular flexibility index (Phi) is 3.89. The summed E-state index contributed by atoms with van der Waals surface area (Å²) in [6.45, 7) is 2.66. The standard InChI is InChI=1S/C13H18N4O2/c1-2-15-13(19)7-16-11-5-8-3-4-12(18)17-10(8)6-9(11)14/h5-6,16H,2-4,7,14H2,1H3,(H,15,19)(H,17,18). The van der Waals surface area contributed by atoms with Gasteiger partial charge in [-0.25, -0.2) is 0 Å². The van der Waals surface area contributed by atoms with Crippen LogP contribution in [0.5, 0.6) is 0 Å². The number of nitrogens with two attached hydrogens (primary N) is 1. The second kappa shape index (κ2) is 5.60. The molecule has 1 aromatic rings. The molecule has 0 aromatic heterocycles. The van der Waals surface area contributed by atoms with E-state index in [4.69, 9.17) is 5.73 Å². The molecule has 0 bridgehead atoms. The molecular formula is C13H18N4O2. The Bertz CT molecular complexity index is 514. The second-order valence-corrected chi connectivity index (χ2v) is 4.45. The van der Waals surface area contributed by atoms with Crippen molar-refractivity contribution in [1.29, 1.82) is 0 Å². The summed E-state index contributed by atoms with van der Waals surface area (Å²) in [5.74, 6) is -0.0668. The van der Waals surface area contributed by atoms with Crippen molar-refractivity contribution in [2.75, 3.05) is 29.5 Å². The van der Waals surface area contributed by atoms with Crippen LogP contribution in [0, 0.1) is 0 Å². The third kappa shape index (κ3) is 3.15. The van der Waals surface area contributed by atoms with Crippen LogP contribution in [-0.4, -0.2) is 24.9 Å². The first-order chi connectivity index (χ1) is 9.10. The molecule has 1 heterocycles. The molecule has 0 saturated heterocycles. The smallest absolute Gasteiger partial charge is 0.239 e. The maximum atomic E-state index is 11.4. The van der Waals surface area contributed by atoms with E-state index in [-0.39, 0.29) is 18.4 Å². The summed E-state index contributed by atoms with van der Waals surface area (Å²) in [7, 11) is 0. The average molecular weight is 262 g/mol. The lowest BCUT2D eigenvalue weighted by atomic mass is 10.0. The third-order valence-electron chi connectivity index (χ3n) is 2.98. The number of rotatable bonds is 4. The highest BCUT2D eigenvalue weighted by atomic mass is 16.2. The molecule has 6 nitrogen and oxygen atoms in total. The molecule has 1 aliphatic rings. The number of fused-ring (bicyclic) bond motifs is 1. The van der Waals surface area contributed by atoms with Crippen LogP contribution in [0.25, 0.3) is 0 Å². The molecule has 1 aliphatic heterocycles. The molecule has 102 valence electrons. The van der Waals surface area contributed by atoms with Crippen LogP contribution in [-0.2, 0) is 16.0 Å². The lowest BCUT2D eigenvalue weighted by molar-refractivity contribution is -0.119. The maximum Gasteiger partial charge on any atom is 0.239 e. The predicted octanol–water partition coefficient (Wildman–Crippen LogP) is 0.701. The van der Waals surface area contributed by atoms with Gasteiger partial charge in [-0.3, -0.25) is 9.59 Å². The van der Waals surface area contributed by atoms with E-state index in [0.717, 1.165) is 16.9 Å². The largest absolute Gasteiger partial charge is 0.397 e. The number of benzene rings is 1. The summed E-state index contributed by atoms with van der Waals surface area (Å²) < 4.78 is 0. The highest BCUT2D eigenvalue weighted by Gasteiger charge is 2.16. The Hall–Kier alpha value is -2.24. The first-order valence-electron chi connectivity index (χ1n) is 6.33. The number of anilines is 3. The minimum Gasteiger partial charge on any atom is -0.397 e. The number of aryl methyl sites for hydroxylation is 1. The molecule has 0 spiro atoms. The molecule has 0 fully saturated rings. The van der Waals surface area contributed by atoms with E-state index >= 15 is 0 Å². The molecule has 0 radical (unpaired) electrons. The van der Waals surface area contributed by atoms with Gasteiger partial charge in [0.05, 0.1) is 17.9 Å². The van der Waals surface area contributed by atoms with Gasteiger partial charge in [0.2, 0.25) is 11.8 Å². The highest BCUT2D eigenvalue weighted by Crippen LogP contribution is 2.30. The summed E-state index contributed by atoms with van der Waals surface area (Å²) in [4.78, 5) is 22.7. The van der Waals surface area contributed by atoms with Gasteiger partial charge < -0.3 is 21.7 Å². The van der Waals surface area contributed by atoms with E-state index in [9.17, 15) is 9.59 Å². The summed E-state index contributed by atoms with van der Waals surface area (Å²) in [6.07, 6.45) is 1.17. The molecule has 0 atom stereocenters. The van der Waals surface area contributed by atoms with E-state index in [1.807, 2.05) is 13.0 Å². The molecule has 5 N–H and O–H groups in total. The number of carbonyl (C=O) groups excluding carboxylic acids is 2. The fraction of sp³-hybridized carbons (Fsp3) is 0.385. The topological polar surface area (TPSA) is 96.2 Å². The lowest BCUT2D eigenvalue weighted by Crippen LogP contribution is -2.29. The van der Waals surface area contributed by atoms with Gasteiger partial charge in [0.25, 0.3) is 0 Å². The summed E-state index contributed by atoms with van der Waals surface area (Å²) >= 11 is 0. The van der Waals surface area contributed by atoms with Crippen molar-refractivity contribution >= 4 is 28.9 Å². The third-order valence-corrected chi connectivity index (χ3v) is 2.98. The first kappa shape index (κ1) is 13.2. The molecule has 1 aromatic carbocycles. The van der Waals surface area contributed by atoms with E-state index in [1.54, 1.807) is 6.07 Å². The Balaban J connectivity index is 2.10. The van der Waals surface area contributed by atoms with Crippen LogP contribution in [0.3, 0.4) is 0 Å². The SMILES string of the molecule is CCNC(=O)CNc1cc2c(cc1N)NC(=O)CC2. The Morgan fingerprint density at radius 1 is 1.42 bits per heavy atom. The van der Waals surface area contributed by atoms with Gasteiger partial charge in [0.1, 0.15) is 0 Å². The summed E-state index contributed by atoms with van der Waals surface area (Å²) in [5.41, 5.74) is 8.94. The number of likely N-dealkylation sites (N-methyl/N-ethyl adjacent to an activating group) is 1. The minimum absolute atomic E-state index is 0.00920. The van der Waals surface area contributed by atoms with Crippen molar-refractivity contribution in [2.45, 2.75) is 19.8 Å². The number of hydrogen-bond acceptors (Lipinski definition) is 4. The normalized spacial score (nSPS) is 13.4. The van der Waals surface area contributed by atoms with Gasteiger partial charge in [-0.15, -0.1) is 0 Å². The summed E-state index contributed by atoms with van der Waals surface area (Å²) in [6, 6.07) is 3.62. The second-order valence-electron chi connectivity index (χ2n) is 4.45. The zero-order chi connectivity index (χ0) is 13.8. The van der Waals surface area contributed by atoms with Gasteiger partial charge in [-0.2, -0.15) is 0 Å². The van der Waals surface area contributed by atoms with E-state index in [1.165, 1.54) is 0 Å². The van der Waals surface area contributed by atoms with Crippen molar-refractivity contribution in [1.82, 2.24) is 5.32 Å². The van der Waals surface area contributed by atoms with Crippen molar-refractivity contribution in [3.05, 3.63) is 17.7 Å². The quantitative estimate of drug-likeness (QED) is 0.601. The van der Waals surface area contributed by atoms with Gasteiger partial charge in [0.15, 0.2) is 0 Å². The maximum absolute atomic E-state index is 11.4. The zero-order valence-electron chi connectivity index (χ0n) is 10.9. The molecule has 2 rings (SSSR count). The lowest BCUT2D eigenvalue weighted by Gasteiger charge is -2.19. The molecular weight excluding hydrogens is 244 g/mol. The molecule has 2 amide bonds. The monoisotopic (exact) mass is 262 g/mol. The molecule has 6 heteroatoms. The van der Waals surface area contributed by atoms with Crippen molar-refractivity contribution in [3.8, 4) is 0 Å². The fourth-order valence-electron chi connectivity index (χ4n) is 2.03. The molecule has 19 heavy (non-hydrogen) atoms. The van der Waals surface area contributed by atoms with Gasteiger partial charge in [-0.05, 0) is 31.0 Å². The van der Waals surface area contributed by atoms with Crippen LogP contribution in [0.1, 0.15) is 18.9 Å². The number of carbonyl (C=O) groups is 2. The van der Waals surface area contributed by atoms with E-state index in [0.29, 0.717) is 25.1 Å². The van der Waals surface area contributed by atoms with E-state index in [2.05, 4.69) is 16.0 Å². The van der Waals surface area contributed by atoms with E-state index < -0.39 is 0 Å². The summed E-state index contributed by atoms with van der Waals surface area (Å²) in [5, 5.41) is 8.50. The Morgan fingerprint density at radius 2 is 2.21 bits per heavy atom. The van der Waals surface area contributed by atoms with Crippen molar-refractivity contribution in [3.63, 3.8) is 0 Å². The number of nitrogen functional groups attached to an aromatic ring is 1. The number of hydrogen-bond donors (Lipinski definition) is 4. The van der Waals surface area contributed by atoms with Crippen molar-refractivity contribution in [2.24, 2.45) is 0 Å². The van der Waals surface area contributed by atoms with Crippen LogP contribution in [0.2, 0.25) is 0 Å². The van der Waals surface area contributed by atoms with Crippen LogP contribution < -0.4 is 21.7 Å². The number of nitrogens with one attached hydrogen (secondary N) is 3. The van der Waals surface area contributed by atoms with Gasteiger partial charge >= 0.3 is 0 Å². The minimum atomic E-state index is -0.0760. The zero-order valence-corrected chi connectivity index (χ0v) is 10.9. The fourth-order valence-corrected chi connectivity index (χ4v) is 2.03. The van der Waals surface area contributed by atoms with Crippen LogP contribution in [0.4, 0.5) is 17.1 Å². The molecule has 0 aliphatic carbocycles. The van der Waals surface area contributed by atoms with Crippen LogP contribution in [0.15, 0.2) is 12.1 Å². The Morgan fingerprint density at radius 3 is 2.95 bits per heavy atom. The highest BCUT2D eigenvalue weighted by molar-refractivity contribution is 5.95. The first-order valence-corrected chi connectivity index (χ1v) is 6.33. The predicted molar refractivity (Wildman–Crippen MR) is 75.0 cm³/mol. The van der Waals surface area contributed by atoms with Crippen LogP contribution >= 0.6 is 0 Å².